The minimum Gasteiger partial charge on any atom is -0.411 e. The van der Waals surface area contributed by atoms with Crippen LogP contribution in [0.3, 0.4) is 0 Å². The second kappa shape index (κ2) is 6.48. The molecule has 1 N–H and O–H groups in total. The Morgan fingerprint density at radius 1 is 1.06 bits per heavy atom. The van der Waals surface area contributed by atoms with Crippen molar-refractivity contribution in [3.05, 3.63) is 0 Å². The van der Waals surface area contributed by atoms with Gasteiger partial charge >= 0.3 is 0 Å². The highest BCUT2D eigenvalue weighted by molar-refractivity contribution is 6.73. The van der Waals surface area contributed by atoms with Crippen LogP contribution in [0.15, 0.2) is 0 Å². The Bertz CT molecular complexity index is 243. The van der Waals surface area contributed by atoms with Crippen molar-refractivity contribution in [2.75, 3.05) is 14.2 Å². The molecular formula is C13H28O4Si. The molecule has 0 aromatic carbocycles. The van der Waals surface area contributed by atoms with Gasteiger partial charge in [0.05, 0.1) is 12.2 Å². The van der Waals surface area contributed by atoms with Gasteiger partial charge in [0, 0.05) is 27.1 Å². The van der Waals surface area contributed by atoms with E-state index in [2.05, 4.69) is 20.8 Å². The summed E-state index contributed by atoms with van der Waals surface area (Å²) in [4.78, 5) is 0. The molecule has 0 aromatic rings. The van der Waals surface area contributed by atoms with Crippen LogP contribution < -0.4 is 0 Å². The Labute approximate surface area is 112 Å². The number of ether oxygens (including phenoxy) is 2. The van der Waals surface area contributed by atoms with Gasteiger partial charge in [0.2, 0.25) is 0 Å². The van der Waals surface area contributed by atoms with Gasteiger partial charge in [0.15, 0.2) is 14.1 Å². The average Bonchev–Trinajstić information content (AvgIpc) is 2.73. The van der Waals surface area contributed by atoms with Gasteiger partial charge in [-0.2, -0.15) is 0 Å². The number of hydrogen-bond donors (Lipinski definition) is 1. The molecule has 0 amide bonds. The third-order valence-corrected chi connectivity index (χ3v) is 9.21. The van der Waals surface area contributed by atoms with Crippen LogP contribution in [0, 0.1) is 0 Å². The molecule has 0 heterocycles. The molecule has 1 fully saturated rings. The Hall–Kier alpha value is 0.0569. The SMILES string of the molecule is CC[Si](CC)(CC)O[C@H]1CC(OC)(OC)C[C@H]1O. The third-order valence-electron chi connectivity index (χ3n) is 4.54. The number of hydrogen-bond acceptors (Lipinski definition) is 4. The summed E-state index contributed by atoms with van der Waals surface area (Å²) in [6.07, 6.45) is 0.486. The van der Waals surface area contributed by atoms with E-state index in [0.717, 1.165) is 18.1 Å². The molecule has 0 unspecified atom stereocenters. The van der Waals surface area contributed by atoms with E-state index in [1.807, 2.05) is 0 Å². The molecule has 2 atom stereocenters. The first-order valence-electron chi connectivity index (χ1n) is 6.96. The number of aliphatic hydroxyl groups excluding tert-OH is 1. The summed E-state index contributed by atoms with van der Waals surface area (Å²) >= 11 is 0. The van der Waals surface area contributed by atoms with Crippen LogP contribution in [-0.2, 0) is 13.9 Å². The molecule has 4 nitrogen and oxygen atoms in total. The number of rotatable bonds is 7. The predicted octanol–water partition coefficient (Wildman–Crippen LogP) is 2.52. The Morgan fingerprint density at radius 3 is 1.89 bits per heavy atom. The fourth-order valence-corrected chi connectivity index (χ4v) is 5.72. The summed E-state index contributed by atoms with van der Waals surface area (Å²) in [7, 11) is 1.57. The molecule has 1 rings (SSSR count). The largest absolute Gasteiger partial charge is 0.411 e. The lowest BCUT2D eigenvalue weighted by Gasteiger charge is -2.33. The van der Waals surface area contributed by atoms with Crippen molar-refractivity contribution in [3.8, 4) is 0 Å². The normalized spacial score (nSPS) is 27.7. The molecule has 0 radical (unpaired) electrons. The second-order valence-corrected chi connectivity index (χ2v) is 9.92. The zero-order valence-electron chi connectivity index (χ0n) is 12.4. The lowest BCUT2D eigenvalue weighted by Crippen LogP contribution is -2.42. The van der Waals surface area contributed by atoms with Crippen LogP contribution in [0.25, 0.3) is 0 Å². The molecule has 0 saturated heterocycles. The van der Waals surface area contributed by atoms with Crippen LogP contribution in [0.2, 0.25) is 18.1 Å². The highest BCUT2D eigenvalue weighted by Gasteiger charge is 2.48. The van der Waals surface area contributed by atoms with Crippen LogP contribution >= 0.6 is 0 Å². The van der Waals surface area contributed by atoms with Gasteiger partial charge in [0.1, 0.15) is 0 Å². The van der Waals surface area contributed by atoms with Crippen LogP contribution in [0.5, 0.6) is 0 Å². The Kier molecular flexibility index (Phi) is 5.80. The van der Waals surface area contributed by atoms with Gasteiger partial charge in [-0.3, -0.25) is 0 Å². The average molecular weight is 276 g/mol. The van der Waals surface area contributed by atoms with Gasteiger partial charge < -0.3 is 19.0 Å². The van der Waals surface area contributed by atoms with E-state index in [9.17, 15) is 5.11 Å². The zero-order valence-corrected chi connectivity index (χ0v) is 13.4. The maximum absolute atomic E-state index is 10.2. The molecule has 1 aliphatic carbocycles. The molecule has 0 aromatic heterocycles. The minimum atomic E-state index is -1.68. The molecule has 1 saturated carbocycles. The third kappa shape index (κ3) is 3.14. The Balaban J connectivity index is 2.74. The fourth-order valence-electron chi connectivity index (χ4n) is 2.83. The molecule has 0 bridgehead atoms. The quantitative estimate of drug-likeness (QED) is 0.573. The van der Waals surface area contributed by atoms with E-state index in [1.165, 1.54) is 0 Å². The van der Waals surface area contributed by atoms with E-state index < -0.39 is 20.2 Å². The van der Waals surface area contributed by atoms with Crippen molar-refractivity contribution in [2.45, 2.75) is 69.7 Å². The Morgan fingerprint density at radius 2 is 1.56 bits per heavy atom. The van der Waals surface area contributed by atoms with E-state index in [0.29, 0.717) is 12.8 Å². The van der Waals surface area contributed by atoms with Gasteiger partial charge in [-0.1, -0.05) is 20.8 Å². The van der Waals surface area contributed by atoms with Crippen molar-refractivity contribution in [3.63, 3.8) is 0 Å². The van der Waals surface area contributed by atoms with Gasteiger partial charge in [-0.05, 0) is 18.1 Å². The molecule has 108 valence electrons. The first kappa shape index (κ1) is 16.1. The lowest BCUT2D eigenvalue weighted by atomic mass is 10.2. The summed E-state index contributed by atoms with van der Waals surface area (Å²) in [6, 6.07) is 3.28. The zero-order chi connectivity index (χ0) is 13.8. The molecule has 0 spiro atoms. The summed E-state index contributed by atoms with van der Waals surface area (Å²) < 4.78 is 17.2. The predicted molar refractivity (Wildman–Crippen MR) is 74.1 cm³/mol. The lowest BCUT2D eigenvalue weighted by molar-refractivity contribution is -0.206. The minimum absolute atomic E-state index is 0.142. The van der Waals surface area contributed by atoms with Crippen LogP contribution in [0.4, 0.5) is 0 Å². The summed E-state index contributed by atoms with van der Waals surface area (Å²) in [5, 5.41) is 10.2. The number of aliphatic hydroxyl groups is 1. The first-order valence-corrected chi connectivity index (χ1v) is 9.49. The van der Waals surface area contributed by atoms with E-state index in [-0.39, 0.29) is 6.10 Å². The van der Waals surface area contributed by atoms with Gasteiger partial charge in [0.25, 0.3) is 0 Å². The smallest absolute Gasteiger partial charge is 0.192 e. The molecule has 18 heavy (non-hydrogen) atoms. The van der Waals surface area contributed by atoms with E-state index in [4.69, 9.17) is 13.9 Å². The first-order chi connectivity index (χ1) is 8.50. The van der Waals surface area contributed by atoms with Crippen molar-refractivity contribution in [1.82, 2.24) is 0 Å². The molecule has 1 aliphatic rings. The van der Waals surface area contributed by atoms with E-state index in [1.54, 1.807) is 14.2 Å². The molecule has 5 heteroatoms. The number of methoxy groups -OCH3 is 2. The highest BCUT2D eigenvalue weighted by atomic mass is 28.4. The van der Waals surface area contributed by atoms with Gasteiger partial charge in [-0.15, -0.1) is 0 Å². The van der Waals surface area contributed by atoms with Crippen molar-refractivity contribution in [1.29, 1.82) is 0 Å². The fraction of sp³-hybridized carbons (Fsp3) is 1.00. The monoisotopic (exact) mass is 276 g/mol. The molecule has 0 aliphatic heterocycles. The standard InChI is InChI=1S/C13H28O4Si/c1-6-18(7-2,8-3)17-12-10-13(15-4,16-5)9-11(12)14/h11-12,14H,6-10H2,1-5H3/t11-,12+/m1/s1. The maximum atomic E-state index is 10.2. The van der Waals surface area contributed by atoms with Crippen molar-refractivity contribution >= 4 is 8.32 Å². The topological polar surface area (TPSA) is 47.9 Å². The summed E-state index contributed by atoms with van der Waals surface area (Å²) in [5.74, 6) is -0.667. The maximum Gasteiger partial charge on any atom is 0.192 e. The van der Waals surface area contributed by atoms with Gasteiger partial charge in [-0.25, -0.2) is 0 Å². The molecular weight excluding hydrogens is 248 g/mol. The van der Waals surface area contributed by atoms with E-state index >= 15 is 0 Å². The highest BCUT2D eigenvalue weighted by Crippen LogP contribution is 2.38. The van der Waals surface area contributed by atoms with Crippen molar-refractivity contribution in [2.24, 2.45) is 0 Å². The van der Waals surface area contributed by atoms with Crippen LogP contribution in [-0.4, -0.2) is 45.6 Å². The van der Waals surface area contributed by atoms with Crippen LogP contribution in [0.1, 0.15) is 33.6 Å². The summed E-state index contributed by atoms with van der Waals surface area (Å²) in [5.41, 5.74) is 0. The summed E-state index contributed by atoms with van der Waals surface area (Å²) in [6.45, 7) is 6.58. The second-order valence-electron chi connectivity index (χ2n) is 5.19. The van der Waals surface area contributed by atoms with Crippen molar-refractivity contribution < 1.29 is 19.0 Å².